The van der Waals surface area contributed by atoms with E-state index in [0.29, 0.717) is 6.54 Å². The maximum absolute atomic E-state index is 10.3. The number of rotatable bonds is 6. The van der Waals surface area contributed by atoms with Gasteiger partial charge in [0.05, 0.1) is 5.60 Å². The van der Waals surface area contributed by atoms with Crippen molar-refractivity contribution < 1.29 is 5.11 Å². The fourth-order valence-electron chi connectivity index (χ4n) is 2.65. The largest absolute Gasteiger partial charge is 0.388 e. The third-order valence-corrected chi connectivity index (χ3v) is 3.93. The Bertz CT molecular complexity index is 352. The first kappa shape index (κ1) is 13.4. The second kappa shape index (κ2) is 6.24. The molecule has 0 atom stereocenters. The molecule has 2 nitrogen and oxygen atoms in total. The summed E-state index contributed by atoms with van der Waals surface area (Å²) < 4.78 is 0. The van der Waals surface area contributed by atoms with Crippen molar-refractivity contribution >= 4 is 5.69 Å². The summed E-state index contributed by atoms with van der Waals surface area (Å²) in [6.45, 7) is 2.90. The predicted octanol–water partition coefficient (Wildman–Crippen LogP) is 3.75. The Morgan fingerprint density at radius 3 is 2.44 bits per heavy atom. The van der Waals surface area contributed by atoms with Gasteiger partial charge >= 0.3 is 0 Å². The average Bonchev–Trinajstić information content (AvgIpc) is 2.83. The van der Waals surface area contributed by atoms with Gasteiger partial charge in [0.1, 0.15) is 0 Å². The van der Waals surface area contributed by atoms with Crippen LogP contribution in [0.3, 0.4) is 0 Å². The smallest absolute Gasteiger partial charge is 0.0819 e. The van der Waals surface area contributed by atoms with Crippen LogP contribution in [0, 0.1) is 0 Å². The van der Waals surface area contributed by atoms with E-state index in [9.17, 15) is 5.11 Å². The lowest BCUT2D eigenvalue weighted by atomic mass is 10.0. The van der Waals surface area contributed by atoms with Crippen molar-refractivity contribution in [2.24, 2.45) is 0 Å². The van der Waals surface area contributed by atoms with Gasteiger partial charge in [-0.2, -0.15) is 0 Å². The fraction of sp³-hybridized carbons (Fsp3) is 0.625. The van der Waals surface area contributed by atoms with Crippen LogP contribution in [0.2, 0.25) is 0 Å². The molecule has 2 N–H and O–H groups in total. The molecule has 1 aromatic rings. The molecular weight excluding hydrogens is 222 g/mol. The highest BCUT2D eigenvalue weighted by molar-refractivity contribution is 5.45. The highest BCUT2D eigenvalue weighted by Crippen LogP contribution is 2.29. The van der Waals surface area contributed by atoms with Crippen LogP contribution in [0.25, 0.3) is 0 Å². The van der Waals surface area contributed by atoms with E-state index in [1.807, 2.05) is 0 Å². The zero-order valence-electron chi connectivity index (χ0n) is 11.4. The number of hydrogen-bond donors (Lipinski definition) is 2. The zero-order chi connectivity index (χ0) is 12.8. The lowest BCUT2D eigenvalue weighted by Crippen LogP contribution is -2.33. The predicted molar refractivity (Wildman–Crippen MR) is 77.0 cm³/mol. The summed E-state index contributed by atoms with van der Waals surface area (Å²) in [5, 5.41) is 13.6. The standard InChI is InChI=1S/C16H25NO/c1-2-3-6-14-7-9-15(10-8-14)17-13-16(18)11-4-5-12-16/h7-10,17-18H,2-6,11-13H2,1H3. The lowest BCUT2D eigenvalue weighted by molar-refractivity contribution is 0.0615. The Morgan fingerprint density at radius 1 is 1.17 bits per heavy atom. The third kappa shape index (κ3) is 3.74. The molecule has 18 heavy (non-hydrogen) atoms. The molecule has 1 aromatic carbocycles. The second-order valence-corrected chi connectivity index (χ2v) is 5.59. The van der Waals surface area contributed by atoms with Crippen molar-refractivity contribution in [3.8, 4) is 0 Å². The molecule has 1 fully saturated rings. The number of unbranched alkanes of at least 4 members (excludes halogenated alkanes) is 1. The topological polar surface area (TPSA) is 32.3 Å². The maximum atomic E-state index is 10.3. The van der Waals surface area contributed by atoms with E-state index in [1.54, 1.807) is 0 Å². The second-order valence-electron chi connectivity index (χ2n) is 5.59. The molecule has 0 radical (unpaired) electrons. The van der Waals surface area contributed by atoms with E-state index >= 15 is 0 Å². The number of aryl methyl sites for hydroxylation is 1. The van der Waals surface area contributed by atoms with E-state index in [4.69, 9.17) is 0 Å². The van der Waals surface area contributed by atoms with Crippen LogP contribution >= 0.6 is 0 Å². The minimum Gasteiger partial charge on any atom is -0.388 e. The van der Waals surface area contributed by atoms with Crippen LogP contribution in [0.4, 0.5) is 5.69 Å². The first-order chi connectivity index (χ1) is 8.72. The third-order valence-electron chi connectivity index (χ3n) is 3.93. The van der Waals surface area contributed by atoms with E-state index in [-0.39, 0.29) is 0 Å². The monoisotopic (exact) mass is 247 g/mol. The van der Waals surface area contributed by atoms with E-state index < -0.39 is 5.60 Å². The van der Waals surface area contributed by atoms with E-state index in [2.05, 4.69) is 36.5 Å². The van der Waals surface area contributed by atoms with Gasteiger partial charge in [-0.25, -0.2) is 0 Å². The number of aliphatic hydroxyl groups is 1. The molecule has 1 aliphatic rings. The lowest BCUT2D eigenvalue weighted by Gasteiger charge is -2.23. The first-order valence-electron chi connectivity index (χ1n) is 7.27. The molecule has 100 valence electrons. The Labute approximate surface area is 110 Å². The van der Waals surface area contributed by atoms with E-state index in [1.165, 1.54) is 24.8 Å². The van der Waals surface area contributed by atoms with Gasteiger partial charge in [-0.1, -0.05) is 38.3 Å². The van der Waals surface area contributed by atoms with Crippen molar-refractivity contribution in [2.45, 2.75) is 57.5 Å². The Kier molecular flexibility index (Phi) is 4.65. The summed E-state index contributed by atoms with van der Waals surface area (Å²) in [6, 6.07) is 8.64. The van der Waals surface area contributed by atoms with Crippen molar-refractivity contribution in [3.63, 3.8) is 0 Å². The highest BCUT2D eigenvalue weighted by atomic mass is 16.3. The molecule has 2 rings (SSSR count). The van der Waals surface area contributed by atoms with Gasteiger partial charge in [-0.3, -0.25) is 0 Å². The Balaban J connectivity index is 1.82. The van der Waals surface area contributed by atoms with E-state index in [0.717, 1.165) is 31.4 Å². The number of anilines is 1. The van der Waals surface area contributed by atoms with Gasteiger partial charge in [0, 0.05) is 12.2 Å². The van der Waals surface area contributed by atoms with Gasteiger partial charge in [0.2, 0.25) is 0 Å². The summed E-state index contributed by atoms with van der Waals surface area (Å²) in [7, 11) is 0. The molecule has 2 heteroatoms. The van der Waals surface area contributed by atoms with Crippen molar-refractivity contribution in [2.75, 3.05) is 11.9 Å². The van der Waals surface area contributed by atoms with Gasteiger partial charge in [0.25, 0.3) is 0 Å². The molecule has 0 bridgehead atoms. The molecule has 0 unspecified atom stereocenters. The maximum Gasteiger partial charge on any atom is 0.0819 e. The summed E-state index contributed by atoms with van der Waals surface area (Å²) in [5.74, 6) is 0. The normalized spacial score (nSPS) is 17.9. The van der Waals surface area contributed by atoms with Crippen LogP contribution in [-0.2, 0) is 6.42 Å². The van der Waals surface area contributed by atoms with Gasteiger partial charge in [0.15, 0.2) is 0 Å². The molecule has 1 aliphatic carbocycles. The van der Waals surface area contributed by atoms with Gasteiger partial charge < -0.3 is 10.4 Å². The zero-order valence-corrected chi connectivity index (χ0v) is 11.4. The number of hydrogen-bond acceptors (Lipinski definition) is 2. The first-order valence-corrected chi connectivity index (χ1v) is 7.27. The van der Waals surface area contributed by atoms with Crippen LogP contribution in [-0.4, -0.2) is 17.3 Å². The summed E-state index contributed by atoms with van der Waals surface area (Å²) in [5.41, 5.74) is 2.05. The summed E-state index contributed by atoms with van der Waals surface area (Å²) >= 11 is 0. The quantitative estimate of drug-likeness (QED) is 0.802. The Morgan fingerprint density at radius 2 is 1.83 bits per heavy atom. The minimum absolute atomic E-state index is 0.471. The minimum atomic E-state index is -0.471. The van der Waals surface area contributed by atoms with Gasteiger partial charge in [-0.05, 0) is 43.4 Å². The van der Waals surface area contributed by atoms with Crippen molar-refractivity contribution in [1.82, 2.24) is 0 Å². The van der Waals surface area contributed by atoms with Crippen molar-refractivity contribution in [1.29, 1.82) is 0 Å². The molecule has 0 saturated heterocycles. The van der Waals surface area contributed by atoms with Crippen LogP contribution in [0.1, 0.15) is 51.0 Å². The average molecular weight is 247 g/mol. The fourth-order valence-corrected chi connectivity index (χ4v) is 2.65. The van der Waals surface area contributed by atoms with Crippen LogP contribution < -0.4 is 5.32 Å². The van der Waals surface area contributed by atoms with Crippen LogP contribution in [0.5, 0.6) is 0 Å². The van der Waals surface area contributed by atoms with Crippen LogP contribution in [0.15, 0.2) is 24.3 Å². The molecule has 0 amide bonds. The van der Waals surface area contributed by atoms with Gasteiger partial charge in [-0.15, -0.1) is 0 Å². The molecule has 0 spiro atoms. The highest BCUT2D eigenvalue weighted by Gasteiger charge is 2.30. The SMILES string of the molecule is CCCCc1ccc(NCC2(O)CCCC2)cc1. The summed E-state index contributed by atoms with van der Waals surface area (Å²) in [6.07, 6.45) is 7.87. The molecule has 0 heterocycles. The molecule has 0 aromatic heterocycles. The Hall–Kier alpha value is -1.02. The number of benzene rings is 1. The summed E-state index contributed by atoms with van der Waals surface area (Å²) in [4.78, 5) is 0. The molecule has 1 saturated carbocycles. The number of nitrogens with one attached hydrogen (secondary N) is 1. The molecule has 0 aliphatic heterocycles. The molecular formula is C16H25NO. The van der Waals surface area contributed by atoms with Crippen molar-refractivity contribution in [3.05, 3.63) is 29.8 Å².